The van der Waals surface area contributed by atoms with Gasteiger partial charge in [-0.1, -0.05) is 26.0 Å². The molecule has 0 spiro atoms. The fraction of sp³-hybridized carbons (Fsp3) is 0.421. The van der Waals surface area contributed by atoms with Gasteiger partial charge in [0.15, 0.2) is 0 Å². The maximum Gasteiger partial charge on any atom is 0.254 e. The monoisotopic (exact) mass is 345 g/mol. The van der Waals surface area contributed by atoms with E-state index < -0.39 is 6.10 Å². The Balaban J connectivity index is 1.62. The smallest absolute Gasteiger partial charge is 0.254 e. The molecule has 0 aliphatic carbocycles. The van der Waals surface area contributed by atoms with Gasteiger partial charge in [-0.25, -0.2) is 0 Å². The summed E-state index contributed by atoms with van der Waals surface area (Å²) in [5.41, 5.74) is 1.91. The largest absolute Gasteiger partial charge is 0.488 e. The quantitative estimate of drug-likeness (QED) is 0.922. The molecule has 1 aromatic carbocycles. The minimum Gasteiger partial charge on any atom is -0.488 e. The second-order valence-electron chi connectivity index (χ2n) is 6.50. The number of nitrogens with zero attached hydrogens (tertiary/aromatic N) is 1. The van der Waals surface area contributed by atoms with Gasteiger partial charge in [-0.05, 0) is 35.1 Å². The minimum atomic E-state index is -0.677. The summed E-state index contributed by atoms with van der Waals surface area (Å²) in [5.74, 6) is 1.20. The lowest BCUT2D eigenvalue weighted by Gasteiger charge is -2.36. The molecule has 5 heteroatoms. The summed E-state index contributed by atoms with van der Waals surface area (Å²) in [6, 6.07) is 9.82. The summed E-state index contributed by atoms with van der Waals surface area (Å²) in [6.07, 6.45) is -0.328. The zero-order chi connectivity index (χ0) is 17.1. The third-order valence-corrected chi connectivity index (χ3v) is 5.07. The highest BCUT2D eigenvalue weighted by atomic mass is 32.1. The first-order valence-corrected chi connectivity index (χ1v) is 9.25. The van der Waals surface area contributed by atoms with Crippen molar-refractivity contribution in [1.29, 1.82) is 0 Å². The maximum atomic E-state index is 12.4. The SMILES string of the molecule is CC(C)c1cccc(O[C@@H]2CCN(C(=O)c3ccsc3)C[C@H]2O)c1. The number of rotatable bonds is 4. The maximum absolute atomic E-state index is 12.4. The standard InChI is InChI=1S/C19H23NO3S/c1-13(2)14-4-3-5-16(10-14)23-18-6-8-20(11-17(18)21)19(22)15-7-9-24-12-15/h3-5,7,9-10,12-13,17-18,21H,6,8,11H2,1-2H3/t17-,18-/m1/s1. The normalized spacial score (nSPS) is 21.1. The Morgan fingerprint density at radius 2 is 2.21 bits per heavy atom. The van der Waals surface area contributed by atoms with Gasteiger partial charge in [-0.15, -0.1) is 0 Å². The lowest BCUT2D eigenvalue weighted by molar-refractivity contribution is -0.0199. The van der Waals surface area contributed by atoms with Gasteiger partial charge in [-0.3, -0.25) is 4.79 Å². The number of thiophene rings is 1. The third kappa shape index (κ3) is 3.79. The Hall–Kier alpha value is -1.85. The lowest BCUT2D eigenvalue weighted by Crippen LogP contribution is -2.50. The molecular formula is C19H23NO3S. The molecule has 2 atom stereocenters. The van der Waals surface area contributed by atoms with E-state index in [9.17, 15) is 9.90 Å². The van der Waals surface area contributed by atoms with E-state index in [1.165, 1.54) is 16.9 Å². The molecule has 0 bridgehead atoms. The molecule has 1 aliphatic heterocycles. The van der Waals surface area contributed by atoms with Crippen LogP contribution >= 0.6 is 11.3 Å². The summed E-state index contributed by atoms with van der Waals surface area (Å²) < 4.78 is 5.99. The molecular weight excluding hydrogens is 322 g/mol. The average molecular weight is 345 g/mol. The molecule has 1 saturated heterocycles. The molecule has 3 rings (SSSR count). The summed E-state index contributed by atoms with van der Waals surface area (Å²) in [5, 5.41) is 14.1. The zero-order valence-corrected chi connectivity index (χ0v) is 14.8. The van der Waals surface area contributed by atoms with Crippen LogP contribution in [0.15, 0.2) is 41.1 Å². The number of β-amino-alcohol motifs (C(OH)–C–C–N with tert-alkyl or cyclic N) is 1. The van der Waals surface area contributed by atoms with Crippen molar-refractivity contribution in [1.82, 2.24) is 4.90 Å². The number of hydrogen-bond acceptors (Lipinski definition) is 4. The predicted molar refractivity (Wildman–Crippen MR) is 95.8 cm³/mol. The van der Waals surface area contributed by atoms with Crippen LogP contribution in [0.4, 0.5) is 0 Å². The van der Waals surface area contributed by atoms with E-state index in [2.05, 4.69) is 19.9 Å². The highest BCUT2D eigenvalue weighted by molar-refractivity contribution is 7.08. The number of hydrogen-bond donors (Lipinski definition) is 1. The van der Waals surface area contributed by atoms with Crippen molar-refractivity contribution < 1.29 is 14.6 Å². The third-order valence-electron chi connectivity index (χ3n) is 4.39. The number of piperidine rings is 1. The Morgan fingerprint density at radius 1 is 1.38 bits per heavy atom. The van der Waals surface area contributed by atoms with Crippen molar-refractivity contribution >= 4 is 17.2 Å². The topological polar surface area (TPSA) is 49.8 Å². The highest BCUT2D eigenvalue weighted by Gasteiger charge is 2.32. The zero-order valence-electron chi connectivity index (χ0n) is 14.0. The number of aliphatic hydroxyl groups is 1. The fourth-order valence-electron chi connectivity index (χ4n) is 2.92. The van der Waals surface area contributed by atoms with Crippen LogP contribution < -0.4 is 4.74 Å². The molecule has 1 aliphatic rings. The predicted octanol–water partition coefficient (Wildman–Crippen LogP) is 3.53. The van der Waals surface area contributed by atoms with Crippen LogP contribution in [0.25, 0.3) is 0 Å². The van der Waals surface area contributed by atoms with Crippen molar-refractivity contribution in [3.63, 3.8) is 0 Å². The molecule has 128 valence electrons. The first kappa shape index (κ1) is 17.0. The summed E-state index contributed by atoms with van der Waals surface area (Å²) >= 11 is 1.50. The van der Waals surface area contributed by atoms with Crippen molar-refractivity contribution in [2.24, 2.45) is 0 Å². The fourth-order valence-corrected chi connectivity index (χ4v) is 3.55. The molecule has 0 saturated carbocycles. The molecule has 2 aromatic rings. The molecule has 0 unspecified atom stereocenters. The van der Waals surface area contributed by atoms with Crippen molar-refractivity contribution in [2.45, 2.75) is 38.4 Å². The van der Waals surface area contributed by atoms with E-state index >= 15 is 0 Å². The Labute approximate surface area is 146 Å². The van der Waals surface area contributed by atoms with Gasteiger partial charge >= 0.3 is 0 Å². The lowest BCUT2D eigenvalue weighted by atomic mass is 10.0. The van der Waals surface area contributed by atoms with Crippen LogP contribution in [-0.2, 0) is 0 Å². The number of aliphatic hydroxyl groups excluding tert-OH is 1. The number of carbonyl (C=O) groups is 1. The number of ether oxygens (including phenoxy) is 1. The van der Waals surface area contributed by atoms with Gasteiger partial charge < -0.3 is 14.7 Å². The molecule has 1 aromatic heterocycles. The molecule has 4 nitrogen and oxygen atoms in total. The Kier molecular flexibility index (Phi) is 5.21. The number of likely N-dealkylation sites (tertiary alicyclic amines) is 1. The molecule has 24 heavy (non-hydrogen) atoms. The van der Waals surface area contributed by atoms with Gasteiger partial charge in [0, 0.05) is 18.3 Å². The van der Waals surface area contributed by atoms with E-state index in [-0.39, 0.29) is 12.0 Å². The van der Waals surface area contributed by atoms with Gasteiger partial charge in [0.2, 0.25) is 0 Å². The van der Waals surface area contributed by atoms with Crippen molar-refractivity contribution in [2.75, 3.05) is 13.1 Å². The van der Waals surface area contributed by atoms with Crippen LogP contribution in [0.5, 0.6) is 5.75 Å². The Bertz CT molecular complexity index is 684. The van der Waals surface area contributed by atoms with Crippen molar-refractivity contribution in [3.8, 4) is 5.75 Å². The van der Waals surface area contributed by atoms with Gasteiger partial charge in [0.25, 0.3) is 5.91 Å². The van der Waals surface area contributed by atoms with E-state index in [1.54, 1.807) is 4.90 Å². The van der Waals surface area contributed by atoms with E-state index in [0.29, 0.717) is 31.0 Å². The molecule has 1 N–H and O–H groups in total. The second-order valence-corrected chi connectivity index (χ2v) is 7.28. The van der Waals surface area contributed by atoms with Gasteiger partial charge in [-0.2, -0.15) is 11.3 Å². The highest BCUT2D eigenvalue weighted by Crippen LogP contribution is 2.24. The molecule has 2 heterocycles. The van der Waals surface area contributed by atoms with Crippen LogP contribution in [0.3, 0.4) is 0 Å². The average Bonchev–Trinajstić information content (AvgIpc) is 3.11. The minimum absolute atomic E-state index is 0.0180. The van der Waals surface area contributed by atoms with Crippen LogP contribution in [-0.4, -0.2) is 41.2 Å². The van der Waals surface area contributed by atoms with Gasteiger partial charge in [0.1, 0.15) is 18.0 Å². The Morgan fingerprint density at radius 3 is 2.88 bits per heavy atom. The molecule has 1 amide bonds. The summed E-state index contributed by atoms with van der Waals surface area (Å²) in [6.45, 7) is 5.19. The summed E-state index contributed by atoms with van der Waals surface area (Å²) in [4.78, 5) is 14.1. The first-order chi connectivity index (χ1) is 11.5. The molecule has 0 radical (unpaired) electrons. The van der Waals surface area contributed by atoms with Crippen LogP contribution in [0.2, 0.25) is 0 Å². The number of benzene rings is 1. The van der Waals surface area contributed by atoms with E-state index in [1.807, 2.05) is 35.0 Å². The molecule has 1 fully saturated rings. The first-order valence-electron chi connectivity index (χ1n) is 8.30. The number of carbonyl (C=O) groups excluding carboxylic acids is 1. The van der Waals surface area contributed by atoms with E-state index in [4.69, 9.17) is 4.74 Å². The summed E-state index contributed by atoms with van der Waals surface area (Å²) in [7, 11) is 0. The van der Waals surface area contributed by atoms with Crippen molar-refractivity contribution in [3.05, 3.63) is 52.2 Å². The van der Waals surface area contributed by atoms with Crippen LogP contribution in [0.1, 0.15) is 42.1 Å². The van der Waals surface area contributed by atoms with Crippen LogP contribution in [0, 0.1) is 0 Å². The second kappa shape index (κ2) is 7.36. The van der Waals surface area contributed by atoms with Gasteiger partial charge in [0.05, 0.1) is 12.1 Å². The van der Waals surface area contributed by atoms with E-state index in [0.717, 1.165) is 5.75 Å². The number of amides is 1.